The third-order valence-corrected chi connectivity index (χ3v) is 16.7. The maximum atomic E-state index is 14.1. The molecule has 3 saturated heterocycles. The summed E-state index contributed by atoms with van der Waals surface area (Å²) in [5.41, 5.74) is 11.2. The van der Waals surface area contributed by atoms with Crippen LogP contribution in [0.2, 0.25) is 0 Å². The lowest BCUT2D eigenvalue weighted by Gasteiger charge is -2.37. The maximum Gasteiger partial charge on any atom is 0.253 e. The maximum absolute atomic E-state index is 14.1. The number of nitrogens with zero attached hydrogens (tertiary/aromatic N) is 6. The number of anilines is 2. The van der Waals surface area contributed by atoms with E-state index in [0.717, 1.165) is 113 Å². The molecule has 6 heterocycles. The predicted octanol–water partition coefficient (Wildman–Crippen LogP) is 6.58. The van der Waals surface area contributed by atoms with Crippen LogP contribution >= 0.6 is 11.3 Å². The number of rotatable bonds is 23. The third kappa shape index (κ3) is 15.1. The first-order valence-corrected chi connectivity index (χ1v) is 29.1. The fraction of sp³-hybridized carbons (Fsp3) is 0.525. The molecule has 0 aliphatic carbocycles. The number of piperazine rings is 1. The number of β-amino-alcohol motifs (C(OH)–C–C–N with tert-alkyl or cyclic N) is 1. The first kappa shape index (κ1) is 59.8. The molecule has 5 aromatic rings. The predicted molar refractivity (Wildman–Crippen MR) is 312 cm³/mol. The number of H-pyrrole nitrogens is 1. The van der Waals surface area contributed by atoms with E-state index in [1.165, 1.54) is 4.90 Å². The van der Waals surface area contributed by atoms with Crippen LogP contribution in [0.15, 0.2) is 71.1 Å². The molecule has 3 aliphatic heterocycles. The number of aryl methyl sites for hydroxylation is 4. The molecule has 19 heteroatoms. The van der Waals surface area contributed by atoms with Crippen molar-refractivity contribution in [3.8, 4) is 21.7 Å². The molecule has 8 rings (SSSR count). The number of nitrogens with one attached hydrogen (secondary N) is 3. The van der Waals surface area contributed by atoms with Crippen molar-refractivity contribution in [2.24, 2.45) is 5.41 Å². The summed E-state index contributed by atoms with van der Waals surface area (Å²) in [7, 11) is 0. The number of benzene rings is 2. The second-order valence-corrected chi connectivity index (χ2v) is 23.4. The van der Waals surface area contributed by atoms with E-state index in [4.69, 9.17) is 19.2 Å². The molecule has 3 amide bonds. The number of aliphatic hydroxyl groups is 1. The largest absolute Gasteiger partial charge is 0.391 e. The van der Waals surface area contributed by atoms with Gasteiger partial charge in [0.2, 0.25) is 11.8 Å². The Bertz CT molecular complexity index is 2980. The van der Waals surface area contributed by atoms with Gasteiger partial charge in [0.1, 0.15) is 12.6 Å². The van der Waals surface area contributed by atoms with Crippen LogP contribution in [0.5, 0.6) is 0 Å². The molecule has 430 valence electrons. The van der Waals surface area contributed by atoms with E-state index in [0.29, 0.717) is 44.0 Å². The van der Waals surface area contributed by atoms with E-state index in [1.807, 2.05) is 103 Å². The summed E-state index contributed by atoms with van der Waals surface area (Å²) >= 11 is 1.59. The van der Waals surface area contributed by atoms with Gasteiger partial charge in [0.25, 0.3) is 11.5 Å². The third-order valence-electron chi connectivity index (χ3n) is 15.7. The van der Waals surface area contributed by atoms with Crippen molar-refractivity contribution in [3.05, 3.63) is 116 Å². The molecule has 3 atom stereocenters. The normalized spacial score (nSPS) is 17.6. The number of ketones is 1. The van der Waals surface area contributed by atoms with Crippen LogP contribution in [0.1, 0.15) is 97.4 Å². The standard InChI is InChI=1S/C61H81N9O9S/c1-9-69(46-18-25-77-26-19-46)52-32-45(31-49(41(52)4)58(74)63-35-50-39(2)30-40(3)65-59(50)75)51-16-15-47(34-62-51)68-22-20-67(21-23-68)24-27-78-28-29-79-37-55(73)66-57(61(6,7)8)60(76)70-36-48(71)33-53(70)54(72)17-12-43-10-13-44(14-11-43)56-42(5)64-38-80-56/h10-11,13-16,30-32,34,38,46,48,53,57,71H,9,12,17-29,33,35-37H2,1-8H3,(H,63,74)(H,65,75)(H,66,73)/t48-,53+,57-/m1/s1. The Hall–Kier alpha value is -6.35. The topological polar surface area (TPSA) is 212 Å². The smallest absolute Gasteiger partial charge is 0.253 e. The van der Waals surface area contributed by atoms with Gasteiger partial charge in [-0.2, -0.15) is 0 Å². The van der Waals surface area contributed by atoms with Crippen molar-refractivity contribution >= 4 is 46.2 Å². The van der Waals surface area contributed by atoms with Gasteiger partial charge in [0, 0.05) is 113 Å². The molecule has 0 radical (unpaired) electrons. The Morgan fingerprint density at radius 3 is 2.33 bits per heavy atom. The number of ether oxygens (including phenoxy) is 3. The van der Waals surface area contributed by atoms with Gasteiger partial charge >= 0.3 is 0 Å². The number of Topliss-reactive ketones (excluding diaryl/α,β-unsaturated/α-hetero) is 1. The first-order valence-electron chi connectivity index (χ1n) is 28.2. The molecule has 4 N–H and O–H groups in total. The Labute approximate surface area is 474 Å². The van der Waals surface area contributed by atoms with Crippen molar-refractivity contribution < 1.29 is 38.5 Å². The second-order valence-electron chi connectivity index (χ2n) is 22.5. The molecule has 3 aromatic heterocycles. The summed E-state index contributed by atoms with van der Waals surface area (Å²) in [6.07, 6.45) is 3.76. The molecule has 3 aliphatic rings. The number of hydrogen-bond donors (Lipinski definition) is 4. The van der Waals surface area contributed by atoms with Crippen molar-refractivity contribution in [1.82, 2.24) is 35.4 Å². The lowest BCUT2D eigenvalue weighted by atomic mass is 9.85. The van der Waals surface area contributed by atoms with Gasteiger partial charge in [0.05, 0.1) is 65.6 Å². The number of hydrogen-bond acceptors (Lipinski definition) is 15. The summed E-state index contributed by atoms with van der Waals surface area (Å²) in [6, 6.07) is 16.7. The average molecular weight is 1120 g/mol. The van der Waals surface area contributed by atoms with E-state index in [-0.39, 0.29) is 62.4 Å². The highest BCUT2D eigenvalue weighted by Crippen LogP contribution is 2.35. The number of carbonyl (C=O) groups excluding carboxylic acids is 4. The van der Waals surface area contributed by atoms with Crippen LogP contribution in [0.3, 0.4) is 0 Å². The Morgan fingerprint density at radius 2 is 1.66 bits per heavy atom. The van der Waals surface area contributed by atoms with Gasteiger partial charge in [-0.25, -0.2) is 4.98 Å². The van der Waals surface area contributed by atoms with Gasteiger partial charge in [-0.3, -0.25) is 33.9 Å². The monoisotopic (exact) mass is 1120 g/mol. The van der Waals surface area contributed by atoms with Crippen LogP contribution in [-0.2, 0) is 41.6 Å². The number of likely N-dealkylation sites (tertiary alicyclic amines) is 1. The second kappa shape index (κ2) is 27.4. The van der Waals surface area contributed by atoms with Crippen molar-refractivity contribution in [1.29, 1.82) is 0 Å². The van der Waals surface area contributed by atoms with E-state index >= 15 is 0 Å². The number of pyridine rings is 2. The molecular weight excluding hydrogens is 1030 g/mol. The highest BCUT2D eigenvalue weighted by Gasteiger charge is 2.44. The van der Waals surface area contributed by atoms with Crippen LogP contribution < -0.4 is 26.0 Å². The Morgan fingerprint density at radius 1 is 0.925 bits per heavy atom. The summed E-state index contributed by atoms with van der Waals surface area (Å²) in [5, 5.41) is 16.6. The van der Waals surface area contributed by atoms with Gasteiger partial charge in [0.15, 0.2) is 5.78 Å². The summed E-state index contributed by atoms with van der Waals surface area (Å²) < 4.78 is 17.3. The SMILES string of the molecule is CCN(c1cc(-c2ccc(N3CCN(CCOCCOCC(=O)N[C@H](C(=O)N4C[C@H](O)C[C@H]4C(=O)CCc4ccc(-c5scnc5C)cc4)C(C)(C)C)CC3)cn2)cc(C(=O)NCc2c(C)cc(C)[nH]c2=O)c1C)C1CCOCC1. The molecule has 2 aromatic carbocycles. The molecule has 0 bridgehead atoms. The molecule has 0 unspecified atom stereocenters. The molecule has 0 spiro atoms. The van der Waals surface area contributed by atoms with E-state index in [2.05, 4.69) is 54.4 Å². The number of carbonyl (C=O) groups is 4. The average Bonchev–Trinajstić information content (AvgIpc) is 4.09. The number of aromatic amines is 1. The van der Waals surface area contributed by atoms with Crippen molar-refractivity contribution in [2.75, 3.05) is 95.3 Å². The van der Waals surface area contributed by atoms with Crippen LogP contribution in [-0.4, -0.2) is 163 Å². The van der Waals surface area contributed by atoms with Crippen molar-refractivity contribution in [2.45, 2.75) is 118 Å². The van der Waals surface area contributed by atoms with Crippen molar-refractivity contribution in [3.63, 3.8) is 0 Å². The number of amides is 3. The minimum absolute atomic E-state index is 0.0240. The summed E-state index contributed by atoms with van der Waals surface area (Å²) in [4.78, 5) is 89.5. The number of aromatic nitrogens is 3. The molecule has 0 saturated carbocycles. The fourth-order valence-corrected chi connectivity index (χ4v) is 11.9. The highest BCUT2D eigenvalue weighted by atomic mass is 32.1. The van der Waals surface area contributed by atoms with Crippen LogP contribution in [0, 0.1) is 33.1 Å². The highest BCUT2D eigenvalue weighted by molar-refractivity contribution is 7.13. The number of aliphatic hydroxyl groups excluding tert-OH is 1. The van der Waals surface area contributed by atoms with E-state index in [1.54, 1.807) is 11.3 Å². The quantitative estimate of drug-likeness (QED) is 0.0510. The zero-order chi connectivity index (χ0) is 57.1. The molecule has 80 heavy (non-hydrogen) atoms. The van der Waals surface area contributed by atoms with Gasteiger partial charge in [-0.05, 0) is 112 Å². The fourth-order valence-electron chi connectivity index (χ4n) is 11.1. The summed E-state index contributed by atoms with van der Waals surface area (Å²) in [5.74, 6) is -1.22. The van der Waals surface area contributed by atoms with E-state index < -0.39 is 35.4 Å². The molecule has 18 nitrogen and oxygen atoms in total. The zero-order valence-corrected chi connectivity index (χ0v) is 48.7. The summed E-state index contributed by atoms with van der Waals surface area (Å²) in [6.45, 7) is 22.5. The van der Waals surface area contributed by atoms with Gasteiger partial charge in [-0.1, -0.05) is 45.0 Å². The van der Waals surface area contributed by atoms with Crippen LogP contribution in [0.25, 0.3) is 21.7 Å². The first-order chi connectivity index (χ1) is 38.4. The Balaban J connectivity index is 0.771. The minimum atomic E-state index is -0.938. The van der Waals surface area contributed by atoms with Gasteiger partial charge < -0.3 is 49.6 Å². The lowest BCUT2D eigenvalue weighted by molar-refractivity contribution is -0.144. The van der Waals surface area contributed by atoms with Crippen LogP contribution in [0.4, 0.5) is 11.4 Å². The molecular formula is C61H81N9O9S. The lowest BCUT2D eigenvalue weighted by Crippen LogP contribution is -2.57. The zero-order valence-electron chi connectivity index (χ0n) is 47.9. The minimum Gasteiger partial charge on any atom is -0.391 e. The van der Waals surface area contributed by atoms with E-state index in [9.17, 15) is 29.1 Å². The number of thiazole rings is 1. The molecule has 3 fully saturated rings. The van der Waals surface area contributed by atoms with Gasteiger partial charge in [-0.15, -0.1) is 11.3 Å². The Kier molecular flexibility index (Phi) is 20.5.